The first-order valence-electron chi connectivity index (χ1n) is 8.79. The third kappa shape index (κ3) is 6.35. The average Bonchev–Trinajstić information content (AvgIpc) is 3.43. The number of guanidine groups is 1. The fraction of sp³-hybridized carbons (Fsp3) is 0.611. The standard InChI is InChI=1S/C18H28N4S.HI/c1-2-19-18(20-13-15-3-4-15)21-14-16-5-7-17(8-6-16)22-9-11-23-12-10-22;/h5-8,15H,2-4,9-14H2,1H3,(H2,19,20,21);1H. The van der Waals surface area contributed by atoms with Crippen LogP contribution in [0.15, 0.2) is 29.3 Å². The van der Waals surface area contributed by atoms with Crippen molar-refractivity contribution in [2.24, 2.45) is 10.9 Å². The zero-order chi connectivity index (χ0) is 15.9. The molecular weight excluding hydrogens is 431 g/mol. The van der Waals surface area contributed by atoms with Crippen LogP contribution < -0.4 is 15.5 Å². The van der Waals surface area contributed by atoms with Crippen LogP contribution in [0, 0.1) is 5.92 Å². The number of hydrogen-bond donors (Lipinski definition) is 2. The van der Waals surface area contributed by atoms with Crippen LogP contribution >= 0.6 is 35.7 Å². The lowest BCUT2D eigenvalue weighted by molar-refractivity contribution is 0.739. The monoisotopic (exact) mass is 460 g/mol. The van der Waals surface area contributed by atoms with Crippen molar-refractivity contribution in [3.05, 3.63) is 29.8 Å². The smallest absolute Gasteiger partial charge is 0.191 e. The van der Waals surface area contributed by atoms with Crippen molar-refractivity contribution in [2.45, 2.75) is 26.3 Å². The van der Waals surface area contributed by atoms with Gasteiger partial charge >= 0.3 is 0 Å². The lowest BCUT2D eigenvalue weighted by atomic mass is 10.2. The van der Waals surface area contributed by atoms with E-state index in [-0.39, 0.29) is 24.0 Å². The molecule has 1 saturated carbocycles. The van der Waals surface area contributed by atoms with Gasteiger partial charge in [-0.15, -0.1) is 24.0 Å². The minimum absolute atomic E-state index is 0. The Morgan fingerprint density at radius 2 is 1.88 bits per heavy atom. The predicted octanol–water partition coefficient (Wildman–Crippen LogP) is 3.32. The predicted molar refractivity (Wildman–Crippen MR) is 117 cm³/mol. The third-order valence-corrected chi connectivity index (χ3v) is 5.27. The van der Waals surface area contributed by atoms with Crippen LogP contribution in [0.3, 0.4) is 0 Å². The number of thioether (sulfide) groups is 1. The molecule has 24 heavy (non-hydrogen) atoms. The quantitative estimate of drug-likeness (QED) is 0.388. The van der Waals surface area contributed by atoms with Gasteiger partial charge in [-0.1, -0.05) is 12.1 Å². The summed E-state index contributed by atoms with van der Waals surface area (Å²) in [5.74, 6) is 4.28. The summed E-state index contributed by atoms with van der Waals surface area (Å²) in [5.41, 5.74) is 2.61. The van der Waals surface area contributed by atoms with Gasteiger partial charge in [0.05, 0.1) is 6.54 Å². The normalized spacial score (nSPS) is 18.0. The molecule has 4 nitrogen and oxygen atoms in total. The minimum Gasteiger partial charge on any atom is -0.370 e. The maximum atomic E-state index is 4.70. The van der Waals surface area contributed by atoms with Crippen LogP contribution in [0.25, 0.3) is 0 Å². The summed E-state index contributed by atoms with van der Waals surface area (Å²) in [6.45, 7) is 7.13. The highest BCUT2D eigenvalue weighted by molar-refractivity contribution is 14.0. The SMILES string of the molecule is CCNC(=NCc1ccc(N2CCSCC2)cc1)NCC1CC1.I. The van der Waals surface area contributed by atoms with E-state index in [0.29, 0.717) is 0 Å². The Hall–Kier alpha value is -0.630. The summed E-state index contributed by atoms with van der Waals surface area (Å²) in [6.07, 6.45) is 2.73. The first-order valence-corrected chi connectivity index (χ1v) is 9.94. The van der Waals surface area contributed by atoms with Gasteiger partial charge in [-0.05, 0) is 43.4 Å². The minimum atomic E-state index is 0. The maximum Gasteiger partial charge on any atom is 0.191 e. The largest absolute Gasteiger partial charge is 0.370 e. The Balaban J connectivity index is 0.00000208. The molecule has 134 valence electrons. The van der Waals surface area contributed by atoms with Crippen LogP contribution in [-0.2, 0) is 6.54 Å². The molecule has 1 aromatic rings. The molecule has 2 fully saturated rings. The number of hydrogen-bond acceptors (Lipinski definition) is 3. The Morgan fingerprint density at radius 3 is 2.50 bits per heavy atom. The molecule has 1 aromatic carbocycles. The van der Waals surface area contributed by atoms with E-state index in [9.17, 15) is 0 Å². The van der Waals surface area contributed by atoms with E-state index in [4.69, 9.17) is 4.99 Å². The first-order chi connectivity index (χ1) is 11.3. The Labute approximate surface area is 167 Å². The zero-order valence-electron chi connectivity index (χ0n) is 14.5. The molecule has 0 aromatic heterocycles. The van der Waals surface area contributed by atoms with Crippen molar-refractivity contribution in [2.75, 3.05) is 42.6 Å². The molecule has 2 aliphatic rings. The zero-order valence-corrected chi connectivity index (χ0v) is 17.6. The van der Waals surface area contributed by atoms with E-state index in [1.807, 2.05) is 0 Å². The van der Waals surface area contributed by atoms with Crippen LogP contribution in [0.4, 0.5) is 5.69 Å². The number of nitrogens with one attached hydrogen (secondary N) is 2. The first kappa shape index (κ1) is 19.7. The number of aliphatic imine (C=N–C) groups is 1. The Morgan fingerprint density at radius 1 is 1.17 bits per heavy atom. The number of anilines is 1. The highest BCUT2D eigenvalue weighted by Gasteiger charge is 2.21. The summed E-state index contributed by atoms with van der Waals surface area (Å²) in [5, 5.41) is 6.77. The molecule has 3 rings (SSSR count). The molecule has 6 heteroatoms. The topological polar surface area (TPSA) is 39.7 Å². The number of halogens is 1. The number of rotatable bonds is 6. The van der Waals surface area contributed by atoms with Crippen LogP contribution in [0.5, 0.6) is 0 Å². The second-order valence-corrected chi connectivity index (χ2v) is 7.51. The molecular formula is C18H29IN4S. The highest BCUT2D eigenvalue weighted by atomic mass is 127. The summed E-state index contributed by atoms with van der Waals surface area (Å²) < 4.78 is 0. The second kappa shape index (κ2) is 10.4. The molecule has 0 unspecified atom stereocenters. The molecule has 0 amide bonds. The van der Waals surface area contributed by atoms with Gasteiger partial charge in [0.1, 0.15) is 0 Å². The van der Waals surface area contributed by atoms with E-state index in [1.165, 1.54) is 35.6 Å². The molecule has 1 saturated heterocycles. The van der Waals surface area contributed by atoms with Gasteiger partial charge in [-0.25, -0.2) is 4.99 Å². The Bertz CT molecular complexity index is 510. The van der Waals surface area contributed by atoms with Crippen molar-refractivity contribution < 1.29 is 0 Å². The average molecular weight is 460 g/mol. The van der Waals surface area contributed by atoms with E-state index >= 15 is 0 Å². The fourth-order valence-electron chi connectivity index (χ4n) is 2.71. The number of nitrogens with zero attached hydrogens (tertiary/aromatic N) is 2. The van der Waals surface area contributed by atoms with E-state index in [1.54, 1.807) is 0 Å². The second-order valence-electron chi connectivity index (χ2n) is 6.29. The van der Waals surface area contributed by atoms with Crippen molar-refractivity contribution >= 4 is 47.4 Å². The molecule has 0 atom stereocenters. The molecule has 0 spiro atoms. The van der Waals surface area contributed by atoms with Gasteiger partial charge < -0.3 is 15.5 Å². The van der Waals surface area contributed by atoms with E-state index in [0.717, 1.165) is 44.6 Å². The van der Waals surface area contributed by atoms with E-state index < -0.39 is 0 Å². The highest BCUT2D eigenvalue weighted by Crippen LogP contribution is 2.27. The summed E-state index contributed by atoms with van der Waals surface area (Å²) in [4.78, 5) is 7.18. The lowest BCUT2D eigenvalue weighted by Crippen LogP contribution is -2.38. The molecule has 2 N–H and O–H groups in total. The maximum absolute atomic E-state index is 4.70. The summed E-state index contributed by atoms with van der Waals surface area (Å²) in [6, 6.07) is 8.91. The molecule has 1 aliphatic heterocycles. The molecule has 1 heterocycles. The molecule has 0 radical (unpaired) electrons. The molecule has 1 aliphatic carbocycles. The van der Waals surface area contributed by atoms with Gasteiger partial charge in [-0.3, -0.25) is 0 Å². The number of benzene rings is 1. The Kier molecular flexibility index (Phi) is 8.52. The van der Waals surface area contributed by atoms with Crippen LogP contribution in [0.2, 0.25) is 0 Å². The van der Waals surface area contributed by atoms with Gasteiger partial charge in [0.25, 0.3) is 0 Å². The van der Waals surface area contributed by atoms with Gasteiger partial charge in [0, 0.05) is 43.4 Å². The summed E-state index contributed by atoms with van der Waals surface area (Å²) in [7, 11) is 0. The summed E-state index contributed by atoms with van der Waals surface area (Å²) >= 11 is 2.05. The molecule has 0 bridgehead atoms. The van der Waals surface area contributed by atoms with Gasteiger partial charge in [0.15, 0.2) is 5.96 Å². The van der Waals surface area contributed by atoms with Crippen LogP contribution in [-0.4, -0.2) is 43.6 Å². The van der Waals surface area contributed by atoms with E-state index in [2.05, 4.69) is 58.5 Å². The van der Waals surface area contributed by atoms with Gasteiger partial charge in [-0.2, -0.15) is 11.8 Å². The van der Waals surface area contributed by atoms with Crippen LogP contribution in [0.1, 0.15) is 25.3 Å². The van der Waals surface area contributed by atoms with Crippen molar-refractivity contribution in [1.82, 2.24) is 10.6 Å². The van der Waals surface area contributed by atoms with Crippen molar-refractivity contribution in [3.8, 4) is 0 Å². The lowest BCUT2D eigenvalue weighted by Gasteiger charge is -2.28. The van der Waals surface area contributed by atoms with Gasteiger partial charge in [0.2, 0.25) is 0 Å². The third-order valence-electron chi connectivity index (χ3n) is 4.33. The fourth-order valence-corrected chi connectivity index (χ4v) is 3.61. The van der Waals surface area contributed by atoms with Crippen molar-refractivity contribution in [3.63, 3.8) is 0 Å². The van der Waals surface area contributed by atoms with Crippen molar-refractivity contribution in [1.29, 1.82) is 0 Å².